The summed E-state index contributed by atoms with van der Waals surface area (Å²) in [7, 11) is 0. The Morgan fingerprint density at radius 2 is 2.00 bits per heavy atom. The van der Waals surface area contributed by atoms with E-state index in [0.29, 0.717) is 11.1 Å². The molecule has 1 aromatic carbocycles. The van der Waals surface area contributed by atoms with Crippen molar-refractivity contribution >= 4 is 27.6 Å². The number of hydrogen-bond acceptors (Lipinski definition) is 3. The van der Waals surface area contributed by atoms with Gasteiger partial charge < -0.3 is 10.1 Å². The van der Waals surface area contributed by atoms with Crippen LogP contribution in [0.25, 0.3) is 0 Å². The Balaban J connectivity index is 2.55. The minimum absolute atomic E-state index is 0.0583. The van der Waals surface area contributed by atoms with Gasteiger partial charge in [0.15, 0.2) is 0 Å². The van der Waals surface area contributed by atoms with Crippen LogP contribution in [0.1, 0.15) is 13.3 Å². The van der Waals surface area contributed by atoms with Crippen molar-refractivity contribution < 1.29 is 18.3 Å². The van der Waals surface area contributed by atoms with Gasteiger partial charge in [-0.2, -0.15) is 0 Å². The predicted octanol–water partition coefficient (Wildman–Crippen LogP) is 3.09. The molecule has 0 aliphatic heterocycles. The molecule has 0 heterocycles. The smallest absolute Gasteiger partial charge is 0.307 e. The zero-order valence-corrected chi connectivity index (χ0v) is 10.8. The lowest BCUT2D eigenvalue weighted by atomic mass is 10.3. The van der Waals surface area contributed by atoms with E-state index in [1.807, 2.05) is 0 Å². The summed E-state index contributed by atoms with van der Waals surface area (Å²) < 4.78 is 31.7. The number of carbonyl (C=O) groups is 1. The minimum atomic E-state index is -0.708. The van der Waals surface area contributed by atoms with E-state index < -0.39 is 17.6 Å². The molecule has 0 unspecified atom stereocenters. The van der Waals surface area contributed by atoms with Gasteiger partial charge in [0, 0.05) is 11.0 Å². The molecular weight excluding hydrogens is 296 g/mol. The predicted molar refractivity (Wildman–Crippen MR) is 63.8 cm³/mol. The summed E-state index contributed by atoms with van der Waals surface area (Å²) in [6, 6.07) is 2.30. The van der Waals surface area contributed by atoms with Crippen LogP contribution in [0, 0.1) is 11.6 Å². The van der Waals surface area contributed by atoms with E-state index in [4.69, 9.17) is 0 Å². The van der Waals surface area contributed by atoms with E-state index >= 15 is 0 Å². The van der Waals surface area contributed by atoms with Gasteiger partial charge in [0.1, 0.15) is 17.3 Å². The van der Waals surface area contributed by atoms with Gasteiger partial charge in [-0.25, -0.2) is 8.78 Å². The second kappa shape index (κ2) is 6.54. The van der Waals surface area contributed by atoms with Gasteiger partial charge in [0.25, 0.3) is 0 Å². The first-order valence-corrected chi connectivity index (χ1v) is 5.88. The Morgan fingerprint density at radius 1 is 1.41 bits per heavy atom. The van der Waals surface area contributed by atoms with Crippen LogP contribution in [0.4, 0.5) is 14.5 Å². The van der Waals surface area contributed by atoms with E-state index in [1.54, 1.807) is 6.92 Å². The van der Waals surface area contributed by atoms with Crippen LogP contribution >= 0.6 is 15.9 Å². The SMILES string of the molecule is CCOC(=O)CCNc1c(F)cc(Br)cc1F. The molecule has 0 aromatic heterocycles. The summed E-state index contributed by atoms with van der Waals surface area (Å²) in [6.45, 7) is 2.10. The first-order chi connectivity index (χ1) is 8.04. The fourth-order valence-corrected chi connectivity index (χ4v) is 1.64. The monoisotopic (exact) mass is 307 g/mol. The number of ether oxygens (including phenoxy) is 1. The third-order valence-electron chi connectivity index (χ3n) is 1.94. The molecule has 0 aliphatic carbocycles. The molecule has 1 aromatic rings. The minimum Gasteiger partial charge on any atom is -0.466 e. The number of benzene rings is 1. The average molecular weight is 308 g/mol. The fraction of sp³-hybridized carbons (Fsp3) is 0.364. The Bertz CT molecular complexity index is 389. The maximum Gasteiger partial charge on any atom is 0.307 e. The molecule has 0 aliphatic rings. The lowest BCUT2D eigenvalue weighted by molar-refractivity contribution is -0.142. The van der Waals surface area contributed by atoms with Crippen LogP contribution < -0.4 is 5.32 Å². The van der Waals surface area contributed by atoms with Crippen LogP contribution in [0.5, 0.6) is 0 Å². The zero-order chi connectivity index (χ0) is 12.8. The van der Waals surface area contributed by atoms with Crippen molar-refractivity contribution in [2.45, 2.75) is 13.3 Å². The van der Waals surface area contributed by atoms with E-state index in [0.717, 1.165) is 12.1 Å². The third-order valence-corrected chi connectivity index (χ3v) is 2.40. The van der Waals surface area contributed by atoms with Gasteiger partial charge in [-0.3, -0.25) is 4.79 Å². The molecule has 0 saturated carbocycles. The summed E-state index contributed by atoms with van der Waals surface area (Å²) in [5, 5.41) is 2.53. The van der Waals surface area contributed by atoms with Gasteiger partial charge in [-0.1, -0.05) is 15.9 Å². The number of esters is 1. The van der Waals surface area contributed by atoms with Crippen LogP contribution in [-0.2, 0) is 9.53 Å². The van der Waals surface area contributed by atoms with Gasteiger partial charge in [0.05, 0.1) is 13.0 Å². The summed E-state index contributed by atoms with van der Waals surface area (Å²) in [5.41, 5.74) is -0.238. The van der Waals surface area contributed by atoms with Crippen LogP contribution in [0.3, 0.4) is 0 Å². The lowest BCUT2D eigenvalue weighted by Gasteiger charge is -2.08. The van der Waals surface area contributed by atoms with Crippen molar-refractivity contribution in [3.63, 3.8) is 0 Å². The average Bonchev–Trinajstić information content (AvgIpc) is 2.22. The molecule has 94 valence electrons. The van der Waals surface area contributed by atoms with Crippen molar-refractivity contribution in [1.82, 2.24) is 0 Å². The summed E-state index contributed by atoms with van der Waals surface area (Å²) in [6.07, 6.45) is 0.0583. The first-order valence-electron chi connectivity index (χ1n) is 5.08. The van der Waals surface area contributed by atoms with Crippen molar-refractivity contribution in [3.8, 4) is 0 Å². The highest BCUT2D eigenvalue weighted by molar-refractivity contribution is 9.10. The molecule has 0 bridgehead atoms. The summed E-state index contributed by atoms with van der Waals surface area (Å²) in [5.74, 6) is -1.82. The van der Waals surface area contributed by atoms with Gasteiger partial charge in [0.2, 0.25) is 0 Å². The third kappa shape index (κ3) is 4.30. The van der Waals surface area contributed by atoms with Crippen LogP contribution in [-0.4, -0.2) is 19.1 Å². The number of hydrogen-bond donors (Lipinski definition) is 1. The molecule has 1 rings (SSSR count). The first kappa shape index (κ1) is 13.9. The fourth-order valence-electron chi connectivity index (χ4n) is 1.23. The highest BCUT2D eigenvalue weighted by atomic mass is 79.9. The van der Waals surface area contributed by atoms with Gasteiger partial charge in [-0.05, 0) is 19.1 Å². The standard InChI is InChI=1S/C11H12BrF2NO2/c1-2-17-10(16)3-4-15-11-8(13)5-7(12)6-9(11)14/h5-6,15H,2-4H2,1H3. The summed E-state index contributed by atoms with van der Waals surface area (Å²) >= 11 is 2.98. The molecule has 0 spiro atoms. The number of nitrogens with one attached hydrogen (secondary N) is 1. The highest BCUT2D eigenvalue weighted by Gasteiger charge is 2.10. The Hall–Kier alpha value is -1.17. The van der Waals surface area contributed by atoms with Crippen molar-refractivity contribution in [1.29, 1.82) is 0 Å². The van der Waals surface area contributed by atoms with Crippen molar-refractivity contribution in [3.05, 3.63) is 28.2 Å². The molecule has 17 heavy (non-hydrogen) atoms. The molecular formula is C11H12BrF2NO2. The molecule has 6 heteroatoms. The Morgan fingerprint density at radius 3 is 2.53 bits per heavy atom. The maximum atomic E-state index is 13.3. The highest BCUT2D eigenvalue weighted by Crippen LogP contribution is 2.23. The molecule has 0 atom stereocenters. The van der Waals surface area contributed by atoms with Gasteiger partial charge >= 0.3 is 5.97 Å². The molecule has 1 N–H and O–H groups in total. The number of carbonyl (C=O) groups excluding carboxylic acids is 1. The maximum absolute atomic E-state index is 13.3. The van der Waals surface area contributed by atoms with E-state index in [1.165, 1.54) is 0 Å². The number of anilines is 1. The van der Waals surface area contributed by atoms with Gasteiger partial charge in [-0.15, -0.1) is 0 Å². The largest absolute Gasteiger partial charge is 0.466 e. The molecule has 0 amide bonds. The Labute approximate surface area is 106 Å². The number of rotatable bonds is 5. The Kier molecular flexibility index (Phi) is 5.34. The van der Waals surface area contributed by atoms with Crippen molar-refractivity contribution in [2.24, 2.45) is 0 Å². The molecule has 0 saturated heterocycles. The molecule has 3 nitrogen and oxygen atoms in total. The lowest BCUT2D eigenvalue weighted by Crippen LogP contribution is -2.12. The van der Waals surface area contributed by atoms with Crippen molar-refractivity contribution in [2.75, 3.05) is 18.5 Å². The van der Waals surface area contributed by atoms with Crippen LogP contribution in [0.15, 0.2) is 16.6 Å². The van der Waals surface area contributed by atoms with E-state index in [2.05, 4.69) is 26.0 Å². The topological polar surface area (TPSA) is 38.3 Å². The van der Waals surface area contributed by atoms with E-state index in [-0.39, 0.29) is 18.7 Å². The van der Waals surface area contributed by atoms with E-state index in [9.17, 15) is 13.6 Å². The number of halogens is 3. The molecule has 0 radical (unpaired) electrons. The normalized spacial score (nSPS) is 10.1. The second-order valence-electron chi connectivity index (χ2n) is 3.23. The van der Waals surface area contributed by atoms with Crippen LogP contribution in [0.2, 0.25) is 0 Å². The zero-order valence-electron chi connectivity index (χ0n) is 9.23. The quantitative estimate of drug-likeness (QED) is 0.850. The second-order valence-corrected chi connectivity index (χ2v) is 4.14. The summed E-state index contributed by atoms with van der Waals surface area (Å²) in [4.78, 5) is 11.0. The molecule has 0 fully saturated rings.